The molecular weight excluding hydrogens is 240 g/mol. The Morgan fingerprint density at radius 3 is 2.39 bits per heavy atom. The van der Waals surface area contributed by atoms with Gasteiger partial charge in [0.05, 0.1) is 0 Å². The SMILES string of the molecule is CO[Si](OC)c1ccc2c(c1)Cc1ccccc1-2. The molecule has 91 valence electrons. The van der Waals surface area contributed by atoms with Gasteiger partial charge in [-0.05, 0) is 33.9 Å². The highest BCUT2D eigenvalue weighted by molar-refractivity contribution is 6.61. The molecule has 2 aromatic carbocycles. The number of benzene rings is 2. The van der Waals surface area contributed by atoms with E-state index in [1.807, 2.05) is 0 Å². The van der Waals surface area contributed by atoms with Gasteiger partial charge in [0.25, 0.3) is 0 Å². The molecule has 0 fully saturated rings. The first-order chi connectivity index (χ1) is 8.83. The summed E-state index contributed by atoms with van der Waals surface area (Å²) >= 11 is 0. The van der Waals surface area contributed by atoms with E-state index < -0.39 is 9.28 Å². The Morgan fingerprint density at radius 2 is 1.61 bits per heavy atom. The summed E-state index contributed by atoms with van der Waals surface area (Å²) in [7, 11) is 2.11. The molecule has 1 aliphatic rings. The fourth-order valence-electron chi connectivity index (χ4n) is 2.59. The van der Waals surface area contributed by atoms with Crippen LogP contribution >= 0.6 is 0 Å². The fraction of sp³-hybridized carbons (Fsp3) is 0.200. The van der Waals surface area contributed by atoms with Gasteiger partial charge in [0.2, 0.25) is 0 Å². The van der Waals surface area contributed by atoms with Crippen LogP contribution in [0.25, 0.3) is 11.1 Å². The Balaban J connectivity index is 2.03. The van der Waals surface area contributed by atoms with Crippen molar-refractivity contribution in [3.8, 4) is 11.1 Å². The van der Waals surface area contributed by atoms with E-state index in [0.717, 1.165) is 6.42 Å². The molecule has 0 aromatic heterocycles. The van der Waals surface area contributed by atoms with Gasteiger partial charge < -0.3 is 8.85 Å². The summed E-state index contributed by atoms with van der Waals surface area (Å²) in [6.07, 6.45) is 1.02. The van der Waals surface area contributed by atoms with Crippen LogP contribution in [0.3, 0.4) is 0 Å². The summed E-state index contributed by atoms with van der Waals surface area (Å²) in [5.41, 5.74) is 5.50. The summed E-state index contributed by atoms with van der Waals surface area (Å²) < 4.78 is 10.8. The second-order valence-corrected chi connectivity index (χ2v) is 6.37. The lowest BCUT2D eigenvalue weighted by Gasteiger charge is -2.11. The average molecular weight is 255 g/mol. The topological polar surface area (TPSA) is 18.5 Å². The van der Waals surface area contributed by atoms with E-state index in [0.29, 0.717) is 0 Å². The molecule has 0 aliphatic heterocycles. The molecule has 0 amide bonds. The van der Waals surface area contributed by atoms with E-state index in [1.54, 1.807) is 14.2 Å². The molecule has 0 atom stereocenters. The minimum absolute atomic E-state index is 1.02. The molecule has 1 radical (unpaired) electrons. The van der Waals surface area contributed by atoms with E-state index in [9.17, 15) is 0 Å². The lowest BCUT2D eigenvalue weighted by molar-refractivity contribution is 0.292. The number of hydrogen-bond donors (Lipinski definition) is 0. The third kappa shape index (κ3) is 1.81. The first kappa shape index (κ1) is 11.7. The quantitative estimate of drug-likeness (QED) is 0.668. The minimum Gasteiger partial charge on any atom is -0.393 e. The first-order valence-corrected chi connectivity index (χ1v) is 7.31. The van der Waals surface area contributed by atoms with Crippen LogP contribution in [0, 0.1) is 0 Å². The Kier molecular flexibility index (Phi) is 3.03. The van der Waals surface area contributed by atoms with E-state index in [-0.39, 0.29) is 0 Å². The summed E-state index contributed by atoms with van der Waals surface area (Å²) in [5, 5.41) is 1.18. The Bertz CT molecular complexity index is 576. The molecule has 0 N–H and O–H groups in total. The predicted molar refractivity (Wildman–Crippen MR) is 74.1 cm³/mol. The van der Waals surface area contributed by atoms with Gasteiger partial charge in [-0.15, -0.1) is 0 Å². The maximum Gasteiger partial charge on any atom is 0.423 e. The van der Waals surface area contributed by atoms with E-state index in [1.165, 1.54) is 27.4 Å². The van der Waals surface area contributed by atoms with Gasteiger partial charge in [-0.1, -0.05) is 42.5 Å². The van der Waals surface area contributed by atoms with Crippen molar-refractivity contribution in [2.24, 2.45) is 0 Å². The Labute approximate surface area is 109 Å². The highest BCUT2D eigenvalue weighted by Gasteiger charge is 2.22. The molecule has 0 unspecified atom stereocenters. The molecule has 1 aliphatic carbocycles. The number of rotatable bonds is 3. The van der Waals surface area contributed by atoms with Crippen LogP contribution in [0.1, 0.15) is 11.1 Å². The maximum atomic E-state index is 5.40. The molecule has 0 bridgehead atoms. The van der Waals surface area contributed by atoms with Gasteiger partial charge >= 0.3 is 9.28 Å². The second kappa shape index (κ2) is 4.69. The van der Waals surface area contributed by atoms with Crippen molar-refractivity contribution in [2.75, 3.05) is 14.2 Å². The lowest BCUT2D eigenvalue weighted by Crippen LogP contribution is -2.34. The van der Waals surface area contributed by atoms with Crippen molar-refractivity contribution in [2.45, 2.75) is 6.42 Å². The molecule has 2 aromatic rings. The largest absolute Gasteiger partial charge is 0.423 e. The van der Waals surface area contributed by atoms with Crippen LogP contribution in [0.4, 0.5) is 0 Å². The van der Waals surface area contributed by atoms with Crippen molar-refractivity contribution in [3.63, 3.8) is 0 Å². The van der Waals surface area contributed by atoms with Gasteiger partial charge in [0.1, 0.15) is 0 Å². The molecular formula is C15H15O2Si. The van der Waals surface area contributed by atoms with Crippen LogP contribution in [0.15, 0.2) is 42.5 Å². The summed E-state index contributed by atoms with van der Waals surface area (Å²) in [4.78, 5) is 0. The van der Waals surface area contributed by atoms with Crippen molar-refractivity contribution >= 4 is 14.5 Å². The molecule has 0 heterocycles. The smallest absolute Gasteiger partial charge is 0.393 e. The summed E-state index contributed by atoms with van der Waals surface area (Å²) in [5.74, 6) is 0. The standard InChI is InChI=1S/C15H15O2Si/c1-16-18(17-2)13-7-8-15-12(10-13)9-11-5-3-4-6-14(11)15/h3-8,10H,9H2,1-2H3. The normalized spacial score (nSPS) is 12.6. The van der Waals surface area contributed by atoms with Crippen LogP contribution in [0.5, 0.6) is 0 Å². The van der Waals surface area contributed by atoms with Crippen molar-refractivity contribution < 1.29 is 8.85 Å². The molecule has 0 spiro atoms. The molecule has 2 nitrogen and oxygen atoms in total. The van der Waals surface area contributed by atoms with Crippen LogP contribution < -0.4 is 5.19 Å². The van der Waals surface area contributed by atoms with Crippen molar-refractivity contribution in [3.05, 3.63) is 53.6 Å². The summed E-state index contributed by atoms with van der Waals surface area (Å²) in [6, 6.07) is 15.2. The third-order valence-electron chi connectivity index (χ3n) is 3.40. The summed E-state index contributed by atoms with van der Waals surface area (Å²) in [6.45, 7) is 0. The van der Waals surface area contributed by atoms with E-state index in [4.69, 9.17) is 8.85 Å². The maximum absolute atomic E-state index is 5.40. The van der Waals surface area contributed by atoms with Gasteiger partial charge in [0, 0.05) is 14.2 Å². The highest BCUT2D eigenvalue weighted by atomic mass is 28.3. The van der Waals surface area contributed by atoms with Crippen molar-refractivity contribution in [1.29, 1.82) is 0 Å². The highest BCUT2D eigenvalue weighted by Crippen LogP contribution is 2.35. The Morgan fingerprint density at radius 1 is 0.889 bits per heavy atom. The minimum atomic E-state index is -1.31. The monoisotopic (exact) mass is 255 g/mol. The van der Waals surface area contributed by atoms with Crippen LogP contribution in [-0.2, 0) is 15.3 Å². The Hall–Kier alpha value is -1.42. The predicted octanol–water partition coefficient (Wildman–Crippen LogP) is 2.25. The third-order valence-corrected chi connectivity index (χ3v) is 4.92. The molecule has 18 heavy (non-hydrogen) atoms. The van der Waals surface area contributed by atoms with Crippen LogP contribution in [-0.4, -0.2) is 23.5 Å². The number of fused-ring (bicyclic) bond motifs is 3. The van der Waals surface area contributed by atoms with Gasteiger partial charge in [-0.25, -0.2) is 0 Å². The van der Waals surface area contributed by atoms with Crippen LogP contribution in [0.2, 0.25) is 0 Å². The molecule has 0 saturated heterocycles. The van der Waals surface area contributed by atoms with Gasteiger partial charge in [0.15, 0.2) is 0 Å². The number of hydrogen-bond acceptors (Lipinski definition) is 2. The molecule has 3 heteroatoms. The zero-order chi connectivity index (χ0) is 12.5. The lowest BCUT2D eigenvalue weighted by atomic mass is 10.1. The average Bonchev–Trinajstić information content (AvgIpc) is 2.78. The zero-order valence-electron chi connectivity index (χ0n) is 10.6. The van der Waals surface area contributed by atoms with E-state index >= 15 is 0 Å². The molecule has 0 saturated carbocycles. The second-order valence-electron chi connectivity index (χ2n) is 4.40. The zero-order valence-corrected chi connectivity index (χ0v) is 11.6. The van der Waals surface area contributed by atoms with Gasteiger partial charge in [-0.3, -0.25) is 0 Å². The van der Waals surface area contributed by atoms with Gasteiger partial charge in [-0.2, -0.15) is 0 Å². The molecule has 3 rings (SSSR count). The fourth-order valence-corrected chi connectivity index (χ4v) is 3.74. The van der Waals surface area contributed by atoms with Crippen molar-refractivity contribution in [1.82, 2.24) is 0 Å². The first-order valence-electron chi connectivity index (χ1n) is 6.00. The van der Waals surface area contributed by atoms with E-state index in [2.05, 4.69) is 42.5 Å².